The lowest BCUT2D eigenvalue weighted by molar-refractivity contribution is 0.0280. The number of carbonyl (C=O) groups excluding carboxylic acids is 2. The molecule has 2 aromatic heterocycles. The molecule has 8 N–H and O–H groups in total. The minimum atomic E-state index is -0.555. The summed E-state index contributed by atoms with van der Waals surface area (Å²) in [4.78, 5) is 39.7. The van der Waals surface area contributed by atoms with E-state index in [0.717, 1.165) is 118 Å². The Bertz CT molecular complexity index is 3480. The number of terminal acetylenes is 1. The SMILES string of the molecule is C.C#CCN(C)C(=O)OC(C)(C)C.CC[C@H]1CCCC[C@@H]1NC.CN(Cc1cn(-c2cc3c(cc2Cl)C2(CCC2)C(N)=N3)nn1)C(=O)OC(C)(C)C.CNCc1cn(-c2cc3c(cc2Cl)C2(CCC2)C(N)=N3)nn1.NC1=Nc2cc(Br)c(Cl)cc2C12CCC2. The third-order valence-electron chi connectivity index (χ3n) is 17.4. The average Bonchev–Trinajstić information content (AvgIpc) is 1.62. The van der Waals surface area contributed by atoms with Gasteiger partial charge in [0.15, 0.2) is 0 Å². The van der Waals surface area contributed by atoms with Gasteiger partial charge in [-0.05, 0) is 182 Å². The first-order valence-corrected chi connectivity index (χ1v) is 32.2. The van der Waals surface area contributed by atoms with Gasteiger partial charge in [0, 0.05) is 31.2 Å². The minimum Gasteiger partial charge on any atom is -0.444 e. The number of aromatic nitrogens is 6. The van der Waals surface area contributed by atoms with Crippen LogP contribution in [0.15, 0.2) is 68.2 Å². The molecule has 3 spiro atoms. The van der Waals surface area contributed by atoms with Crippen molar-refractivity contribution in [1.82, 2.24) is 50.4 Å². The zero-order valence-electron chi connectivity index (χ0n) is 52.7. The number of nitrogens with zero attached hydrogens (tertiary/aromatic N) is 11. The molecule has 0 radical (unpaired) electrons. The molecule has 4 fully saturated rings. The van der Waals surface area contributed by atoms with Gasteiger partial charge in [-0.1, -0.05) is 104 Å². The lowest BCUT2D eigenvalue weighted by Crippen LogP contribution is -2.44. The number of benzene rings is 3. The lowest BCUT2D eigenvalue weighted by Gasteiger charge is -2.38. The number of aliphatic imine (C=N–C) groups is 3. The topological polar surface area (TPSA) is 260 Å². The van der Waals surface area contributed by atoms with Gasteiger partial charge in [0.2, 0.25) is 0 Å². The summed E-state index contributed by atoms with van der Waals surface area (Å²) in [6.07, 6.45) is 24.8. The summed E-state index contributed by atoms with van der Waals surface area (Å²) < 4.78 is 14.6. The summed E-state index contributed by atoms with van der Waals surface area (Å²) in [5.74, 6) is 5.47. The van der Waals surface area contributed by atoms with Crippen LogP contribution in [0.2, 0.25) is 15.1 Å². The second-order valence-electron chi connectivity index (χ2n) is 25.8. The van der Waals surface area contributed by atoms with E-state index in [4.69, 9.17) is 67.9 Å². The van der Waals surface area contributed by atoms with E-state index in [1.165, 1.54) is 60.3 Å². The number of hydrogen-bond acceptors (Lipinski definition) is 16. The molecule has 5 aromatic rings. The Morgan fingerprint density at radius 2 is 1.09 bits per heavy atom. The third-order valence-corrected chi connectivity index (χ3v) is 19.2. The molecule has 4 aliphatic carbocycles. The molecule has 3 aromatic carbocycles. The average molecular weight is 1350 g/mol. The highest BCUT2D eigenvalue weighted by Crippen LogP contribution is 2.55. The first-order valence-electron chi connectivity index (χ1n) is 30.3. The summed E-state index contributed by atoms with van der Waals surface area (Å²) in [6, 6.07) is 12.6. The summed E-state index contributed by atoms with van der Waals surface area (Å²) in [7, 11) is 7.23. The van der Waals surface area contributed by atoms with Crippen molar-refractivity contribution in [3.63, 3.8) is 0 Å². The highest BCUT2D eigenvalue weighted by molar-refractivity contribution is 9.10. The number of hydrogen-bond donors (Lipinski definition) is 5. The largest absolute Gasteiger partial charge is 0.444 e. The summed E-state index contributed by atoms with van der Waals surface area (Å²) in [5.41, 5.74) is 26.3. The number of nitrogens with one attached hydrogen (secondary N) is 2. The predicted molar refractivity (Wildman–Crippen MR) is 362 cm³/mol. The van der Waals surface area contributed by atoms with Crippen molar-refractivity contribution in [3.05, 3.63) is 96.4 Å². The second-order valence-corrected chi connectivity index (χ2v) is 27.9. The zero-order chi connectivity index (χ0) is 64.1. The molecule has 0 saturated heterocycles. The van der Waals surface area contributed by atoms with Crippen molar-refractivity contribution in [2.24, 2.45) is 38.1 Å². The minimum absolute atomic E-state index is 0. The molecule has 5 heterocycles. The van der Waals surface area contributed by atoms with Gasteiger partial charge in [0.1, 0.15) is 34.4 Å². The van der Waals surface area contributed by atoms with E-state index in [-0.39, 0.29) is 42.9 Å². The number of halogens is 4. The fraction of sp³-hybridized carbons (Fsp3) is 0.554. The van der Waals surface area contributed by atoms with Crippen molar-refractivity contribution < 1.29 is 19.1 Å². The standard InChI is InChI=1S/C20H25ClN6O2.C15H17ClN6.C11H10BrClN2.C9H15NO2.C9H19N.CH4/c1-19(2,3)29-18(28)26(4)10-12-11-27(25-24-12)16-9-15-13(8-14(16)21)20(6-5-7-20)17(22)23-15;1-18-7-9-8-22(21-20-9)13-6-12-10(5-11(13)16)15(3-2-4-15)14(17)19-12;12-7-5-9-6(4-8(7)13)11(2-1-3-11)10(14)15-9;1-6-7-10(5)8(11)12-9(2,3)4;1-3-8-6-4-5-7-9(8)10-2;/h8-9,11H,5-7,10H2,1-4H3,(H2,22,23);5-6,8,18H,2-4,7H2,1H3,(H2,17,19);4-5H,1-3H2,(H2,14,15);1H,7H2,2-5H3;8-10H,3-7H2,1-2H3;1H4/t;;;;8-,9-;/m....0./s1. The Hall–Kier alpha value is -6.28. The highest BCUT2D eigenvalue weighted by Gasteiger charge is 2.50. The van der Waals surface area contributed by atoms with Crippen molar-refractivity contribution in [3.8, 4) is 23.7 Å². The van der Waals surface area contributed by atoms with E-state index < -0.39 is 17.3 Å². The fourth-order valence-corrected chi connectivity index (χ4v) is 13.1. The van der Waals surface area contributed by atoms with Crippen molar-refractivity contribution in [2.45, 2.75) is 192 Å². The fourth-order valence-electron chi connectivity index (χ4n) is 12.1. The molecule has 89 heavy (non-hydrogen) atoms. The van der Waals surface area contributed by atoms with Crippen LogP contribution >= 0.6 is 50.7 Å². The number of fused-ring (bicyclic) bond motifs is 6. The van der Waals surface area contributed by atoms with Crippen LogP contribution in [0.25, 0.3) is 11.4 Å². The van der Waals surface area contributed by atoms with E-state index in [0.29, 0.717) is 33.8 Å². The number of carbonyl (C=O) groups is 2. The highest BCUT2D eigenvalue weighted by atomic mass is 79.9. The molecule has 3 aliphatic heterocycles. The van der Waals surface area contributed by atoms with E-state index >= 15 is 0 Å². The first kappa shape index (κ1) is 70.2. The molecule has 0 unspecified atom stereocenters. The van der Waals surface area contributed by atoms with Crippen LogP contribution in [0.1, 0.15) is 174 Å². The molecule has 7 aliphatic rings. The molecule has 482 valence electrons. The Balaban J connectivity index is 0.000000167. The van der Waals surface area contributed by atoms with E-state index in [9.17, 15) is 9.59 Å². The van der Waals surface area contributed by atoms with Crippen LogP contribution in [0, 0.1) is 18.3 Å². The van der Waals surface area contributed by atoms with Crippen molar-refractivity contribution in [2.75, 3.05) is 34.7 Å². The Labute approximate surface area is 549 Å². The first-order chi connectivity index (χ1) is 41.6. The van der Waals surface area contributed by atoms with Gasteiger partial charge >= 0.3 is 12.2 Å². The molecule has 12 rings (SSSR count). The third kappa shape index (κ3) is 15.6. The smallest absolute Gasteiger partial charge is 0.410 e. The maximum absolute atomic E-state index is 12.1. The van der Waals surface area contributed by atoms with Crippen LogP contribution in [0.5, 0.6) is 0 Å². The van der Waals surface area contributed by atoms with Gasteiger partial charge in [0.25, 0.3) is 0 Å². The molecular formula is C65H90BrCl3N16O4. The van der Waals surface area contributed by atoms with E-state index in [2.05, 4.69) is 82.1 Å². The normalized spacial score (nSPS) is 18.8. The maximum Gasteiger partial charge on any atom is 0.410 e. The quantitative estimate of drug-likeness (QED) is 0.0861. The van der Waals surface area contributed by atoms with Crippen molar-refractivity contribution in [1.29, 1.82) is 0 Å². The van der Waals surface area contributed by atoms with Gasteiger partial charge < -0.3 is 47.1 Å². The number of amides is 2. The van der Waals surface area contributed by atoms with Crippen LogP contribution in [0.3, 0.4) is 0 Å². The monoisotopic (exact) mass is 1340 g/mol. The van der Waals surface area contributed by atoms with Gasteiger partial charge in [-0.3, -0.25) is 0 Å². The van der Waals surface area contributed by atoms with Crippen molar-refractivity contribution >= 4 is 97.5 Å². The van der Waals surface area contributed by atoms with Crippen LogP contribution in [0.4, 0.5) is 26.7 Å². The Kier molecular flexibility index (Phi) is 22.8. The molecule has 24 heteroatoms. The molecule has 2 atom stereocenters. The number of nitrogens with two attached hydrogens (primary N) is 3. The molecule has 4 saturated carbocycles. The van der Waals surface area contributed by atoms with Gasteiger partial charge in [-0.25, -0.2) is 33.9 Å². The molecular weight excluding hydrogens is 1260 g/mol. The van der Waals surface area contributed by atoms with Crippen LogP contribution < -0.4 is 27.8 Å². The molecule has 20 nitrogen and oxygen atoms in total. The van der Waals surface area contributed by atoms with Gasteiger partial charge in [-0.2, -0.15) is 0 Å². The number of rotatable bonds is 9. The molecule has 0 bridgehead atoms. The van der Waals surface area contributed by atoms with E-state index in [1.807, 2.05) is 91.2 Å². The predicted octanol–water partition coefficient (Wildman–Crippen LogP) is 13.6. The number of ether oxygens (including phenoxy) is 2. The lowest BCUT2D eigenvalue weighted by atomic mass is 9.64. The Morgan fingerprint density at radius 3 is 1.48 bits per heavy atom. The maximum atomic E-state index is 12.1. The van der Waals surface area contributed by atoms with Gasteiger partial charge in [0.05, 0.1) is 90.9 Å². The summed E-state index contributed by atoms with van der Waals surface area (Å²) in [5, 5.41) is 25.0. The molecule has 2 amide bonds. The van der Waals surface area contributed by atoms with Crippen LogP contribution in [-0.2, 0) is 38.8 Å². The zero-order valence-corrected chi connectivity index (χ0v) is 56.5. The Morgan fingerprint density at radius 1 is 0.674 bits per heavy atom. The van der Waals surface area contributed by atoms with E-state index in [1.54, 1.807) is 29.7 Å². The number of amidine groups is 3. The van der Waals surface area contributed by atoms with Gasteiger partial charge in [-0.15, -0.1) is 16.6 Å². The van der Waals surface area contributed by atoms with Crippen LogP contribution in [-0.4, -0.2) is 121 Å². The second kappa shape index (κ2) is 28.9. The summed E-state index contributed by atoms with van der Waals surface area (Å²) in [6.45, 7) is 14.4. The summed E-state index contributed by atoms with van der Waals surface area (Å²) >= 11 is 22.6.